The van der Waals surface area contributed by atoms with Gasteiger partial charge in [0.15, 0.2) is 9.84 Å². The van der Waals surface area contributed by atoms with Crippen molar-refractivity contribution in [1.29, 1.82) is 0 Å². The van der Waals surface area contributed by atoms with Crippen LogP contribution in [0.25, 0.3) is 0 Å². The molecule has 4 nitrogen and oxygen atoms in total. The summed E-state index contributed by atoms with van der Waals surface area (Å²) in [6, 6.07) is 0. The SMILES string of the molecule is CCCCOC(=S)NC[C@H]1CCS(=O)(=O)C1. The van der Waals surface area contributed by atoms with Gasteiger partial charge in [0.2, 0.25) is 0 Å². The van der Waals surface area contributed by atoms with E-state index in [2.05, 4.69) is 12.2 Å². The highest BCUT2D eigenvalue weighted by molar-refractivity contribution is 7.91. The van der Waals surface area contributed by atoms with Gasteiger partial charge in [-0.05, 0) is 31.0 Å². The van der Waals surface area contributed by atoms with Crippen molar-refractivity contribution in [2.75, 3.05) is 24.7 Å². The molecule has 1 N–H and O–H groups in total. The largest absolute Gasteiger partial charge is 0.471 e. The van der Waals surface area contributed by atoms with E-state index in [1.807, 2.05) is 0 Å². The van der Waals surface area contributed by atoms with Crippen LogP contribution in [0.3, 0.4) is 0 Å². The third-order valence-corrected chi connectivity index (χ3v) is 4.69. The summed E-state index contributed by atoms with van der Waals surface area (Å²) in [4.78, 5) is 0. The molecule has 0 spiro atoms. The van der Waals surface area contributed by atoms with Crippen LogP contribution in [-0.2, 0) is 14.6 Å². The summed E-state index contributed by atoms with van der Waals surface area (Å²) in [5.74, 6) is 0.762. The van der Waals surface area contributed by atoms with Crippen LogP contribution in [0.1, 0.15) is 26.2 Å². The Bertz CT molecular complexity index is 327. The van der Waals surface area contributed by atoms with Gasteiger partial charge in [0, 0.05) is 6.54 Å². The second-order valence-corrected chi connectivity index (χ2v) is 6.74. The van der Waals surface area contributed by atoms with Crippen LogP contribution in [-0.4, -0.2) is 38.2 Å². The van der Waals surface area contributed by atoms with Gasteiger partial charge in [0.25, 0.3) is 5.17 Å². The summed E-state index contributed by atoms with van der Waals surface area (Å²) >= 11 is 4.98. The van der Waals surface area contributed by atoms with Crippen LogP contribution in [0.2, 0.25) is 0 Å². The lowest BCUT2D eigenvalue weighted by molar-refractivity contribution is 0.289. The fourth-order valence-electron chi connectivity index (χ4n) is 1.62. The Morgan fingerprint density at radius 3 is 2.88 bits per heavy atom. The molecule has 1 saturated heterocycles. The van der Waals surface area contributed by atoms with Crippen molar-refractivity contribution >= 4 is 27.2 Å². The average molecular weight is 265 g/mol. The molecule has 1 rings (SSSR count). The molecule has 0 saturated carbocycles. The zero-order valence-electron chi connectivity index (χ0n) is 9.57. The monoisotopic (exact) mass is 265 g/mol. The first-order valence-corrected chi connectivity index (χ1v) is 7.87. The standard InChI is InChI=1S/C10H19NO3S2/c1-2-3-5-14-10(15)11-7-9-4-6-16(12,13)8-9/h9H,2-8H2,1H3,(H,11,15)/t9-/m1/s1. The minimum Gasteiger partial charge on any atom is -0.471 e. The van der Waals surface area contributed by atoms with Gasteiger partial charge in [-0.1, -0.05) is 13.3 Å². The summed E-state index contributed by atoms with van der Waals surface area (Å²) in [7, 11) is -2.79. The van der Waals surface area contributed by atoms with Gasteiger partial charge in [-0.15, -0.1) is 0 Å². The maximum Gasteiger partial charge on any atom is 0.256 e. The van der Waals surface area contributed by atoms with Crippen molar-refractivity contribution in [3.05, 3.63) is 0 Å². The second-order valence-electron chi connectivity index (χ2n) is 4.14. The summed E-state index contributed by atoms with van der Waals surface area (Å²) in [5.41, 5.74) is 0. The third-order valence-electron chi connectivity index (χ3n) is 2.59. The van der Waals surface area contributed by atoms with E-state index in [4.69, 9.17) is 17.0 Å². The van der Waals surface area contributed by atoms with Crippen molar-refractivity contribution in [1.82, 2.24) is 5.32 Å². The lowest BCUT2D eigenvalue weighted by Crippen LogP contribution is -2.30. The number of hydrogen-bond acceptors (Lipinski definition) is 4. The molecule has 0 bridgehead atoms. The predicted molar refractivity (Wildman–Crippen MR) is 68.2 cm³/mol. The fourth-order valence-corrected chi connectivity index (χ4v) is 3.65. The zero-order valence-corrected chi connectivity index (χ0v) is 11.2. The quantitative estimate of drug-likeness (QED) is 0.596. The number of rotatable bonds is 5. The summed E-state index contributed by atoms with van der Waals surface area (Å²) in [5, 5.41) is 3.35. The molecular weight excluding hydrogens is 246 g/mol. The number of nitrogens with one attached hydrogen (secondary N) is 1. The minimum atomic E-state index is -2.79. The van der Waals surface area contributed by atoms with E-state index < -0.39 is 9.84 Å². The fraction of sp³-hybridized carbons (Fsp3) is 0.900. The number of sulfone groups is 1. The van der Waals surface area contributed by atoms with Crippen LogP contribution in [0.4, 0.5) is 0 Å². The molecule has 0 radical (unpaired) electrons. The Kier molecular flexibility index (Phi) is 5.48. The third kappa shape index (κ3) is 5.12. The van der Waals surface area contributed by atoms with E-state index in [1.54, 1.807) is 0 Å². The van der Waals surface area contributed by atoms with Gasteiger partial charge in [0.05, 0.1) is 18.1 Å². The van der Waals surface area contributed by atoms with Crippen molar-refractivity contribution in [3.8, 4) is 0 Å². The van der Waals surface area contributed by atoms with Crippen LogP contribution < -0.4 is 5.32 Å². The van der Waals surface area contributed by atoms with Crippen LogP contribution in [0, 0.1) is 5.92 Å². The Labute approximate surface area is 103 Å². The van der Waals surface area contributed by atoms with E-state index >= 15 is 0 Å². The highest BCUT2D eigenvalue weighted by atomic mass is 32.2. The normalized spacial score (nSPS) is 22.9. The van der Waals surface area contributed by atoms with E-state index in [-0.39, 0.29) is 11.7 Å². The molecule has 0 aliphatic carbocycles. The van der Waals surface area contributed by atoms with E-state index in [9.17, 15) is 8.42 Å². The molecule has 1 aliphatic heterocycles. The first-order chi connectivity index (χ1) is 7.53. The molecule has 94 valence electrons. The Balaban J connectivity index is 2.13. The molecule has 0 aromatic carbocycles. The lowest BCUT2D eigenvalue weighted by Gasteiger charge is -2.12. The van der Waals surface area contributed by atoms with Crippen molar-refractivity contribution in [3.63, 3.8) is 0 Å². The number of thiocarbonyl (C=S) groups is 1. The van der Waals surface area contributed by atoms with Gasteiger partial charge in [-0.3, -0.25) is 0 Å². The topological polar surface area (TPSA) is 55.4 Å². The number of ether oxygens (including phenoxy) is 1. The van der Waals surface area contributed by atoms with Crippen molar-refractivity contribution < 1.29 is 13.2 Å². The Morgan fingerprint density at radius 2 is 2.31 bits per heavy atom. The van der Waals surface area contributed by atoms with Crippen LogP contribution in [0.5, 0.6) is 0 Å². The van der Waals surface area contributed by atoms with Gasteiger partial charge in [0.1, 0.15) is 0 Å². The molecule has 16 heavy (non-hydrogen) atoms. The van der Waals surface area contributed by atoms with Gasteiger partial charge >= 0.3 is 0 Å². The lowest BCUT2D eigenvalue weighted by atomic mass is 10.1. The van der Waals surface area contributed by atoms with E-state index in [0.29, 0.717) is 24.1 Å². The average Bonchev–Trinajstić information content (AvgIpc) is 2.56. The number of unbranched alkanes of at least 4 members (excludes halogenated alkanes) is 1. The molecular formula is C10H19NO3S2. The first-order valence-electron chi connectivity index (χ1n) is 5.64. The molecule has 1 heterocycles. The zero-order chi connectivity index (χ0) is 12.0. The molecule has 0 unspecified atom stereocenters. The highest BCUT2D eigenvalue weighted by Gasteiger charge is 2.27. The van der Waals surface area contributed by atoms with Crippen molar-refractivity contribution in [2.45, 2.75) is 26.2 Å². The Hall–Kier alpha value is -0.360. The number of hydrogen-bond donors (Lipinski definition) is 1. The molecule has 1 fully saturated rings. The molecule has 0 aromatic heterocycles. The highest BCUT2D eigenvalue weighted by Crippen LogP contribution is 2.17. The first kappa shape index (κ1) is 13.7. The smallest absolute Gasteiger partial charge is 0.256 e. The summed E-state index contributed by atoms with van der Waals surface area (Å²) in [6.07, 6.45) is 2.79. The minimum absolute atomic E-state index is 0.178. The van der Waals surface area contributed by atoms with Crippen LogP contribution >= 0.6 is 12.2 Å². The van der Waals surface area contributed by atoms with E-state index in [0.717, 1.165) is 19.3 Å². The van der Waals surface area contributed by atoms with Crippen molar-refractivity contribution in [2.24, 2.45) is 5.92 Å². The Morgan fingerprint density at radius 1 is 1.56 bits per heavy atom. The molecule has 6 heteroatoms. The molecule has 1 aliphatic rings. The summed E-state index contributed by atoms with van der Waals surface area (Å²) in [6.45, 7) is 3.32. The van der Waals surface area contributed by atoms with Gasteiger partial charge in [-0.25, -0.2) is 8.42 Å². The molecule has 0 amide bonds. The molecule has 1 atom stereocenters. The maximum atomic E-state index is 11.2. The van der Waals surface area contributed by atoms with E-state index in [1.165, 1.54) is 0 Å². The van der Waals surface area contributed by atoms with Gasteiger partial charge in [-0.2, -0.15) is 0 Å². The van der Waals surface area contributed by atoms with Crippen LogP contribution in [0.15, 0.2) is 0 Å². The van der Waals surface area contributed by atoms with Gasteiger partial charge < -0.3 is 10.1 Å². The molecule has 0 aromatic rings. The maximum absolute atomic E-state index is 11.2. The second kappa shape index (κ2) is 6.39. The predicted octanol–water partition coefficient (Wildman–Crippen LogP) is 1.11. The summed E-state index contributed by atoms with van der Waals surface area (Å²) < 4.78 is 27.7.